The minimum absolute atomic E-state index is 0.0172. The number of aryl methyl sites for hydroxylation is 2. The van der Waals surface area contributed by atoms with Crippen LogP contribution in [0.3, 0.4) is 0 Å². The Labute approximate surface area is 209 Å². The lowest BCUT2D eigenvalue weighted by Gasteiger charge is -2.20. The minimum Gasteiger partial charge on any atom is -0.494 e. The number of primary amides is 1. The molecule has 0 aliphatic rings. The number of benzene rings is 2. The maximum absolute atomic E-state index is 12.5. The molecule has 7 heteroatoms. The van der Waals surface area contributed by atoms with E-state index in [4.69, 9.17) is 14.9 Å². The molecule has 0 spiro atoms. The zero-order chi connectivity index (χ0) is 25.5. The predicted octanol–water partition coefficient (Wildman–Crippen LogP) is 4.28. The topological polar surface area (TPSA) is 116 Å². The third-order valence-electron chi connectivity index (χ3n) is 6.24. The first kappa shape index (κ1) is 25.1. The standard InChI is InChI=1S/C29H30N2O5/c1-19-5-10-26-22(16-19)18-25(29(34)36-26)27(32)24(28(30)33)17-21-6-8-23(9-7-21)35-15-3-2-4-20-11-13-31-14-12-20/h5-14,16,18,24,27,32H,2-4,15,17H2,1H3,(H2,30,33). The number of carbonyl (C=O) groups excluding carboxylic acids is 1. The molecule has 0 aliphatic carbocycles. The number of nitrogens with two attached hydrogens (primary N) is 1. The zero-order valence-electron chi connectivity index (χ0n) is 20.2. The van der Waals surface area contributed by atoms with Crippen LogP contribution in [0.2, 0.25) is 0 Å². The molecular formula is C29H30N2O5. The molecule has 4 aromatic rings. The molecule has 2 aromatic carbocycles. The fraction of sp³-hybridized carbons (Fsp3) is 0.276. The van der Waals surface area contributed by atoms with Gasteiger partial charge in [0.25, 0.3) is 0 Å². The van der Waals surface area contributed by atoms with Gasteiger partial charge in [0.05, 0.1) is 24.2 Å². The van der Waals surface area contributed by atoms with Gasteiger partial charge in [0.15, 0.2) is 0 Å². The molecule has 0 bridgehead atoms. The SMILES string of the molecule is Cc1ccc2oc(=O)c(C(O)C(Cc3ccc(OCCCCc4ccncc4)cc3)C(N)=O)cc2c1. The van der Waals surface area contributed by atoms with Crippen LogP contribution >= 0.6 is 0 Å². The van der Waals surface area contributed by atoms with E-state index in [0.29, 0.717) is 17.6 Å². The van der Waals surface area contributed by atoms with Gasteiger partial charge in [-0.05, 0) is 86.2 Å². The quantitative estimate of drug-likeness (QED) is 0.242. The van der Waals surface area contributed by atoms with Gasteiger partial charge in [0, 0.05) is 17.8 Å². The van der Waals surface area contributed by atoms with Crippen molar-refractivity contribution in [1.82, 2.24) is 4.98 Å². The van der Waals surface area contributed by atoms with Gasteiger partial charge in [-0.15, -0.1) is 0 Å². The van der Waals surface area contributed by atoms with Crippen molar-refractivity contribution in [3.63, 3.8) is 0 Å². The summed E-state index contributed by atoms with van der Waals surface area (Å²) in [5, 5.41) is 11.6. The molecule has 0 fully saturated rings. The Kier molecular flexibility index (Phi) is 8.13. The molecule has 4 rings (SSSR count). The average Bonchev–Trinajstić information content (AvgIpc) is 2.88. The molecule has 0 saturated heterocycles. The summed E-state index contributed by atoms with van der Waals surface area (Å²) in [6.07, 6.45) is 5.31. The first-order valence-electron chi connectivity index (χ1n) is 12.0. The summed E-state index contributed by atoms with van der Waals surface area (Å²) in [4.78, 5) is 28.8. The van der Waals surface area contributed by atoms with E-state index in [9.17, 15) is 14.7 Å². The van der Waals surface area contributed by atoms with Crippen molar-refractivity contribution < 1.29 is 19.1 Å². The van der Waals surface area contributed by atoms with Crippen LogP contribution < -0.4 is 16.1 Å². The molecule has 2 unspecified atom stereocenters. The van der Waals surface area contributed by atoms with Crippen molar-refractivity contribution in [3.8, 4) is 5.75 Å². The number of unbranched alkanes of at least 4 members (excludes halogenated alkanes) is 1. The molecule has 2 heterocycles. The van der Waals surface area contributed by atoms with Crippen molar-refractivity contribution in [2.45, 2.75) is 38.7 Å². The molecule has 0 radical (unpaired) electrons. The molecule has 0 aliphatic heterocycles. The van der Waals surface area contributed by atoms with E-state index < -0.39 is 23.6 Å². The van der Waals surface area contributed by atoms with Crippen molar-refractivity contribution in [2.24, 2.45) is 11.7 Å². The number of pyridine rings is 1. The summed E-state index contributed by atoms with van der Waals surface area (Å²) < 4.78 is 11.2. The van der Waals surface area contributed by atoms with Crippen molar-refractivity contribution in [3.05, 3.63) is 106 Å². The normalized spacial score (nSPS) is 12.8. The van der Waals surface area contributed by atoms with Gasteiger partial charge < -0.3 is 20.0 Å². The number of nitrogens with zero attached hydrogens (tertiary/aromatic N) is 1. The van der Waals surface area contributed by atoms with Crippen molar-refractivity contribution in [2.75, 3.05) is 6.61 Å². The fourth-order valence-electron chi connectivity index (χ4n) is 4.20. The van der Waals surface area contributed by atoms with Crippen LogP contribution in [0.1, 0.15) is 41.2 Å². The van der Waals surface area contributed by atoms with E-state index in [0.717, 1.165) is 36.1 Å². The first-order valence-corrected chi connectivity index (χ1v) is 12.0. The molecule has 2 aromatic heterocycles. The highest BCUT2D eigenvalue weighted by molar-refractivity contribution is 5.80. The lowest BCUT2D eigenvalue weighted by atomic mass is 9.89. The minimum atomic E-state index is -1.39. The van der Waals surface area contributed by atoms with E-state index in [-0.39, 0.29) is 12.0 Å². The molecule has 7 nitrogen and oxygen atoms in total. The molecule has 1 amide bonds. The van der Waals surface area contributed by atoms with Crippen molar-refractivity contribution in [1.29, 1.82) is 0 Å². The average molecular weight is 487 g/mol. The summed E-state index contributed by atoms with van der Waals surface area (Å²) in [5.74, 6) is -0.958. The summed E-state index contributed by atoms with van der Waals surface area (Å²) in [6.45, 7) is 2.52. The third kappa shape index (κ3) is 6.37. The largest absolute Gasteiger partial charge is 0.494 e. The number of carbonyl (C=O) groups is 1. The van der Waals surface area contributed by atoms with Crippen LogP contribution in [0.15, 0.2) is 82.3 Å². The Hall–Kier alpha value is -3.97. The first-order chi connectivity index (χ1) is 17.4. The number of hydrogen-bond acceptors (Lipinski definition) is 6. The molecular weight excluding hydrogens is 456 g/mol. The monoisotopic (exact) mass is 486 g/mol. The van der Waals surface area contributed by atoms with Crippen LogP contribution in [-0.2, 0) is 17.6 Å². The van der Waals surface area contributed by atoms with Crippen LogP contribution in [0, 0.1) is 12.8 Å². The molecule has 2 atom stereocenters. The Morgan fingerprint density at radius 2 is 1.78 bits per heavy atom. The zero-order valence-corrected chi connectivity index (χ0v) is 20.2. The fourth-order valence-corrected chi connectivity index (χ4v) is 4.20. The third-order valence-corrected chi connectivity index (χ3v) is 6.24. The smallest absolute Gasteiger partial charge is 0.342 e. The van der Waals surface area contributed by atoms with Crippen LogP contribution in [0.4, 0.5) is 0 Å². The van der Waals surface area contributed by atoms with Gasteiger partial charge in [-0.25, -0.2) is 4.79 Å². The summed E-state index contributed by atoms with van der Waals surface area (Å²) in [7, 11) is 0. The number of amides is 1. The van der Waals surface area contributed by atoms with E-state index >= 15 is 0 Å². The maximum atomic E-state index is 12.5. The van der Waals surface area contributed by atoms with E-state index in [1.165, 1.54) is 5.56 Å². The number of ether oxygens (including phenoxy) is 1. The number of hydrogen-bond donors (Lipinski definition) is 2. The van der Waals surface area contributed by atoms with Gasteiger partial charge >= 0.3 is 5.63 Å². The van der Waals surface area contributed by atoms with Gasteiger partial charge in [-0.1, -0.05) is 23.8 Å². The van der Waals surface area contributed by atoms with Crippen LogP contribution in [-0.4, -0.2) is 22.6 Å². The Balaban J connectivity index is 1.36. The van der Waals surface area contributed by atoms with E-state index in [1.54, 1.807) is 24.5 Å². The van der Waals surface area contributed by atoms with Crippen LogP contribution in [0.5, 0.6) is 5.75 Å². The highest BCUT2D eigenvalue weighted by Crippen LogP contribution is 2.27. The van der Waals surface area contributed by atoms with E-state index in [1.807, 2.05) is 55.5 Å². The highest BCUT2D eigenvalue weighted by Gasteiger charge is 2.29. The lowest BCUT2D eigenvalue weighted by molar-refractivity contribution is -0.125. The molecule has 186 valence electrons. The Morgan fingerprint density at radius 1 is 1.03 bits per heavy atom. The molecule has 0 saturated carbocycles. The second kappa shape index (κ2) is 11.6. The lowest BCUT2D eigenvalue weighted by Crippen LogP contribution is -2.32. The van der Waals surface area contributed by atoms with Gasteiger partial charge in [-0.3, -0.25) is 9.78 Å². The number of aromatic nitrogens is 1. The number of fused-ring (bicyclic) bond motifs is 1. The summed E-state index contributed by atoms with van der Waals surface area (Å²) in [6, 6.07) is 18.3. The van der Waals surface area contributed by atoms with Gasteiger partial charge in [0.1, 0.15) is 11.3 Å². The number of aliphatic hydroxyl groups is 1. The second-order valence-electron chi connectivity index (χ2n) is 8.99. The molecule has 3 N–H and O–H groups in total. The predicted molar refractivity (Wildman–Crippen MR) is 138 cm³/mol. The van der Waals surface area contributed by atoms with Gasteiger partial charge in [-0.2, -0.15) is 0 Å². The second-order valence-corrected chi connectivity index (χ2v) is 8.99. The summed E-state index contributed by atoms with van der Waals surface area (Å²) in [5.41, 5.74) is 8.41. The Morgan fingerprint density at radius 3 is 2.50 bits per heavy atom. The van der Waals surface area contributed by atoms with Crippen LogP contribution in [0.25, 0.3) is 11.0 Å². The van der Waals surface area contributed by atoms with Crippen molar-refractivity contribution >= 4 is 16.9 Å². The number of aliphatic hydroxyl groups excluding tert-OH is 1. The number of rotatable bonds is 11. The van der Waals surface area contributed by atoms with Gasteiger partial charge in [0.2, 0.25) is 5.91 Å². The Bertz CT molecular complexity index is 1370. The molecule has 36 heavy (non-hydrogen) atoms. The maximum Gasteiger partial charge on any atom is 0.342 e. The highest BCUT2D eigenvalue weighted by atomic mass is 16.5. The van der Waals surface area contributed by atoms with E-state index in [2.05, 4.69) is 4.98 Å². The summed E-state index contributed by atoms with van der Waals surface area (Å²) >= 11 is 0.